The van der Waals surface area contributed by atoms with Gasteiger partial charge in [-0.1, -0.05) is 19.6 Å². The lowest BCUT2D eigenvalue weighted by molar-refractivity contribution is 1.11. The quantitative estimate of drug-likeness (QED) is 0.516. The molecule has 0 aromatic rings. The van der Waals surface area contributed by atoms with E-state index in [1.54, 1.807) is 0 Å². The molecule has 0 rings (SSSR count). The van der Waals surface area contributed by atoms with Crippen LogP contribution in [-0.2, 0) is 0 Å². The Morgan fingerprint density at radius 3 is 1.29 bits per heavy atom. The van der Waals surface area contributed by atoms with Crippen LogP contribution in [0.5, 0.6) is 0 Å². The number of halogens is 3. The minimum atomic E-state index is 0. The highest BCUT2D eigenvalue weighted by Crippen LogP contribution is 1.74. The van der Waals surface area contributed by atoms with Crippen molar-refractivity contribution < 1.29 is 14.1 Å². The first-order valence-corrected chi connectivity index (χ1v) is 2.07. The Hall–Kier alpha value is 0.140. The van der Waals surface area contributed by atoms with Crippen LogP contribution in [0.2, 0.25) is 0 Å². The van der Waals surface area contributed by atoms with Crippen molar-refractivity contribution in [2.75, 3.05) is 5.75 Å². The van der Waals surface area contributed by atoms with Gasteiger partial charge in [-0.2, -0.15) is 0 Å². The maximum Gasteiger partial charge on any atom is 0.00343 e. The van der Waals surface area contributed by atoms with Crippen molar-refractivity contribution in [3.63, 3.8) is 0 Å². The highest BCUT2D eigenvalue weighted by molar-refractivity contribution is 7.80. The number of rotatable bonds is 1. The monoisotopic (exact) mass is 135 g/mol. The van der Waals surface area contributed by atoms with Crippen LogP contribution in [0.25, 0.3) is 0 Å². The molecule has 4 heteroatoms. The lowest BCUT2D eigenvalue weighted by atomic mass is 10.6. The van der Waals surface area contributed by atoms with Gasteiger partial charge in [-0.3, -0.25) is 14.1 Å². The summed E-state index contributed by atoms with van der Waals surface area (Å²) in [5, 5.41) is 0. The molecule has 0 aromatic carbocycles. The molecule has 0 spiro atoms. The summed E-state index contributed by atoms with van der Waals surface area (Å²) in [6.07, 6.45) is 1.13. The van der Waals surface area contributed by atoms with E-state index in [0.29, 0.717) is 0 Å². The summed E-state index contributed by atoms with van der Waals surface area (Å²) in [4.78, 5) is 0. The fourth-order valence-corrected chi connectivity index (χ4v) is 0. The van der Waals surface area contributed by atoms with Gasteiger partial charge in [0.2, 0.25) is 0 Å². The third-order valence-electron chi connectivity index (χ3n) is 0.204. The SMILES string of the molecule is CCC[S].F.F.F. The van der Waals surface area contributed by atoms with Gasteiger partial charge in [-0.15, -0.1) is 0 Å². The molecule has 0 atom stereocenters. The number of hydrogen-bond donors (Lipinski definition) is 0. The van der Waals surface area contributed by atoms with Crippen LogP contribution in [0.4, 0.5) is 14.1 Å². The summed E-state index contributed by atoms with van der Waals surface area (Å²) >= 11 is 4.55. The van der Waals surface area contributed by atoms with E-state index in [2.05, 4.69) is 19.6 Å². The summed E-state index contributed by atoms with van der Waals surface area (Å²) in [6, 6.07) is 0. The normalized spacial score (nSPS) is 4.29. The van der Waals surface area contributed by atoms with E-state index >= 15 is 0 Å². The third-order valence-corrected chi connectivity index (χ3v) is 0.612. The Morgan fingerprint density at radius 2 is 1.29 bits per heavy atom. The Bertz CT molecular complexity index is 12.1. The van der Waals surface area contributed by atoms with Crippen molar-refractivity contribution in [3.05, 3.63) is 0 Å². The van der Waals surface area contributed by atoms with Gasteiger partial charge >= 0.3 is 0 Å². The van der Waals surface area contributed by atoms with Gasteiger partial charge in [0.1, 0.15) is 0 Å². The molecule has 0 bridgehead atoms. The van der Waals surface area contributed by atoms with E-state index in [1.165, 1.54) is 0 Å². The van der Waals surface area contributed by atoms with Crippen LogP contribution >= 0.6 is 12.6 Å². The van der Waals surface area contributed by atoms with Gasteiger partial charge in [0.05, 0.1) is 0 Å². The standard InChI is InChI=1S/C3H7S.3FH/c1-2-3-4;;;/h2-3H2,1H3;3*1H. The van der Waals surface area contributed by atoms with Gasteiger partial charge in [0, 0.05) is 5.75 Å². The van der Waals surface area contributed by atoms with E-state index in [0.717, 1.165) is 12.2 Å². The molecule has 0 nitrogen and oxygen atoms in total. The zero-order valence-electron chi connectivity index (χ0n) is 4.05. The molecule has 0 saturated carbocycles. The third kappa shape index (κ3) is 81.0. The first kappa shape index (κ1) is 27.3. The van der Waals surface area contributed by atoms with Crippen LogP contribution in [0.15, 0.2) is 0 Å². The van der Waals surface area contributed by atoms with E-state index in [4.69, 9.17) is 0 Å². The average molecular weight is 135 g/mol. The summed E-state index contributed by atoms with van der Waals surface area (Å²) in [6.45, 7) is 2.08. The molecule has 0 N–H and O–H groups in total. The van der Waals surface area contributed by atoms with Crippen LogP contribution in [0, 0.1) is 0 Å². The van der Waals surface area contributed by atoms with E-state index in [1.807, 2.05) is 0 Å². The predicted molar refractivity (Wildman–Crippen MR) is 30.3 cm³/mol. The van der Waals surface area contributed by atoms with Crippen molar-refractivity contribution in [2.45, 2.75) is 13.3 Å². The van der Waals surface area contributed by atoms with Crippen molar-refractivity contribution in [1.29, 1.82) is 0 Å². The Labute approximate surface area is 46.8 Å². The molecule has 7 heavy (non-hydrogen) atoms. The van der Waals surface area contributed by atoms with Gasteiger partial charge < -0.3 is 0 Å². The second-order valence-corrected chi connectivity index (χ2v) is 1.11. The summed E-state index contributed by atoms with van der Waals surface area (Å²) in [5.41, 5.74) is 0. The van der Waals surface area contributed by atoms with Crippen molar-refractivity contribution >= 4 is 12.6 Å². The van der Waals surface area contributed by atoms with E-state index < -0.39 is 0 Å². The summed E-state index contributed by atoms with van der Waals surface area (Å²) < 4.78 is 0. The average Bonchev–Trinajstić information content (AvgIpc) is 1.37. The molecular weight excluding hydrogens is 125 g/mol. The lowest BCUT2D eigenvalue weighted by Crippen LogP contribution is -1.56. The van der Waals surface area contributed by atoms with Crippen LogP contribution in [0.1, 0.15) is 13.3 Å². The van der Waals surface area contributed by atoms with Gasteiger partial charge in [-0.05, 0) is 6.42 Å². The second kappa shape index (κ2) is 35.4. The molecule has 0 fully saturated rings. The molecule has 49 valence electrons. The minimum Gasteiger partial charge on any atom is -0.269 e. The molecule has 0 aromatic heterocycles. The molecule has 0 amide bonds. The first-order chi connectivity index (χ1) is 1.91. The largest absolute Gasteiger partial charge is 0.269 e. The van der Waals surface area contributed by atoms with Crippen LogP contribution in [-0.4, -0.2) is 5.75 Å². The lowest BCUT2D eigenvalue weighted by Gasteiger charge is -1.66. The van der Waals surface area contributed by atoms with E-state index in [-0.39, 0.29) is 14.1 Å². The van der Waals surface area contributed by atoms with E-state index in [9.17, 15) is 0 Å². The highest BCUT2D eigenvalue weighted by Gasteiger charge is 1.58. The fourth-order valence-electron chi connectivity index (χ4n) is 0. The zero-order chi connectivity index (χ0) is 3.41. The molecular formula is C3H10F3S. The van der Waals surface area contributed by atoms with Gasteiger partial charge in [0.15, 0.2) is 0 Å². The van der Waals surface area contributed by atoms with Crippen LogP contribution in [0.3, 0.4) is 0 Å². The summed E-state index contributed by atoms with van der Waals surface area (Å²) in [5.74, 6) is 0.903. The Balaban J connectivity index is -0.0000000150. The maximum atomic E-state index is 4.55. The minimum absolute atomic E-state index is 0. The van der Waals surface area contributed by atoms with Crippen LogP contribution < -0.4 is 0 Å². The van der Waals surface area contributed by atoms with Crippen molar-refractivity contribution in [3.8, 4) is 0 Å². The highest BCUT2D eigenvalue weighted by atomic mass is 32.1. The molecule has 0 unspecified atom stereocenters. The number of hydrogen-bond acceptors (Lipinski definition) is 0. The van der Waals surface area contributed by atoms with Gasteiger partial charge in [-0.25, -0.2) is 0 Å². The topological polar surface area (TPSA) is 0 Å². The summed E-state index contributed by atoms with van der Waals surface area (Å²) in [7, 11) is 0. The van der Waals surface area contributed by atoms with Crippen molar-refractivity contribution in [1.82, 2.24) is 0 Å². The maximum absolute atomic E-state index is 4.55. The molecule has 0 saturated heterocycles. The van der Waals surface area contributed by atoms with Gasteiger partial charge in [0.25, 0.3) is 0 Å². The predicted octanol–water partition coefficient (Wildman–Crippen LogP) is 2.05. The van der Waals surface area contributed by atoms with Crippen molar-refractivity contribution in [2.24, 2.45) is 0 Å². The molecule has 0 aliphatic rings. The Morgan fingerprint density at radius 1 is 1.14 bits per heavy atom. The smallest absolute Gasteiger partial charge is 0.00343 e. The molecule has 0 heterocycles. The molecule has 0 aliphatic heterocycles. The first-order valence-electron chi connectivity index (χ1n) is 1.50. The molecule has 0 aliphatic carbocycles. The second-order valence-electron chi connectivity index (χ2n) is 0.704. The molecule has 1 radical (unpaired) electrons. The zero-order valence-corrected chi connectivity index (χ0v) is 4.86. The Kier molecular flexibility index (Phi) is 138. The fraction of sp³-hybridized carbons (Fsp3) is 1.00.